The molecule has 114 valence electrons. The number of hydrogen-bond donors (Lipinski definition) is 1. The first-order valence-corrected chi connectivity index (χ1v) is 6.89. The van der Waals surface area contributed by atoms with Gasteiger partial charge in [-0.2, -0.15) is 0 Å². The standard InChI is InChI=1S/C16H13N5O2/c1-11(22)12-5-7-14(8-6-12)18-16(23)13-3-2-4-15(9-13)21-10-17-19-20-21/h2-10H,1H3,(H,18,23). The lowest BCUT2D eigenvalue weighted by Crippen LogP contribution is -2.12. The summed E-state index contributed by atoms with van der Waals surface area (Å²) in [5.41, 5.74) is 2.39. The third-order valence-electron chi connectivity index (χ3n) is 3.27. The zero-order valence-corrected chi connectivity index (χ0v) is 12.3. The zero-order chi connectivity index (χ0) is 16.2. The summed E-state index contributed by atoms with van der Waals surface area (Å²) in [6, 6.07) is 13.7. The molecule has 0 atom stereocenters. The summed E-state index contributed by atoms with van der Waals surface area (Å²) < 4.78 is 1.47. The van der Waals surface area contributed by atoms with Gasteiger partial charge in [-0.1, -0.05) is 6.07 Å². The summed E-state index contributed by atoms with van der Waals surface area (Å²) in [6.45, 7) is 1.50. The van der Waals surface area contributed by atoms with E-state index in [1.165, 1.54) is 17.9 Å². The quantitative estimate of drug-likeness (QED) is 0.746. The van der Waals surface area contributed by atoms with Crippen LogP contribution in [0.1, 0.15) is 27.6 Å². The molecule has 1 amide bonds. The van der Waals surface area contributed by atoms with E-state index < -0.39 is 0 Å². The Hall–Kier alpha value is -3.35. The van der Waals surface area contributed by atoms with Crippen LogP contribution in [0.4, 0.5) is 5.69 Å². The largest absolute Gasteiger partial charge is 0.322 e. The number of carbonyl (C=O) groups excluding carboxylic acids is 2. The highest BCUT2D eigenvalue weighted by molar-refractivity contribution is 6.04. The van der Waals surface area contributed by atoms with Crippen LogP contribution in [0.5, 0.6) is 0 Å². The molecule has 7 nitrogen and oxygen atoms in total. The van der Waals surface area contributed by atoms with Gasteiger partial charge in [0.1, 0.15) is 6.33 Å². The maximum atomic E-state index is 12.3. The normalized spacial score (nSPS) is 10.3. The van der Waals surface area contributed by atoms with Gasteiger partial charge in [0.2, 0.25) is 0 Å². The molecular weight excluding hydrogens is 294 g/mol. The molecule has 0 aliphatic heterocycles. The van der Waals surface area contributed by atoms with Crippen LogP contribution in [0.15, 0.2) is 54.9 Å². The molecule has 7 heteroatoms. The molecule has 3 aromatic rings. The van der Waals surface area contributed by atoms with Crippen LogP contribution in [0, 0.1) is 0 Å². The average Bonchev–Trinajstić information content (AvgIpc) is 3.10. The Balaban J connectivity index is 1.78. The van der Waals surface area contributed by atoms with Crippen molar-refractivity contribution in [1.29, 1.82) is 0 Å². The van der Waals surface area contributed by atoms with Gasteiger partial charge in [-0.05, 0) is 59.8 Å². The van der Waals surface area contributed by atoms with Crippen LogP contribution in [0.25, 0.3) is 5.69 Å². The third-order valence-corrected chi connectivity index (χ3v) is 3.27. The van der Waals surface area contributed by atoms with Crippen molar-refractivity contribution in [3.63, 3.8) is 0 Å². The lowest BCUT2D eigenvalue weighted by molar-refractivity contribution is 0.101. The summed E-state index contributed by atoms with van der Waals surface area (Å²) in [5, 5.41) is 13.7. The summed E-state index contributed by atoms with van der Waals surface area (Å²) in [7, 11) is 0. The first-order valence-electron chi connectivity index (χ1n) is 6.89. The summed E-state index contributed by atoms with van der Waals surface area (Å²) >= 11 is 0. The average molecular weight is 307 g/mol. The van der Waals surface area contributed by atoms with Crippen molar-refractivity contribution in [2.45, 2.75) is 6.92 Å². The summed E-state index contributed by atoms with van der Waals surface area (Å²) in [4.78, 5) is 23.6. The maximum Gasteiger partial charge on any atom is 0.255 e. The van der Waals surface area contributed by atoms with Crippen LogP contribution in [-0.2, 0) is 0 Å². The second-order valence-electron chi connectivity index (χ2n) is 4.89. The van der Waals surface area contributed by atoms with Gasteiger partial charge in [0, 0.05) is 16.8 Å². The van der Waals surface area contributed by atoms with Gasteiger partial charge in [0.15, 0.2) is 5.78 Å². The number of Topliss-reactive ketones (excluding diaryl/α,β-unsaturated/α-hetero) is 1. The molecule has 0 spiro atoms. The maximum absolute atomic E-state index is 12.3. The number of ketones is 1. The highest BCUT2D eigenvalue weighted by atomic mass is 16.1. The Labute approximate surface area is 131 Å². The summed E-state index contributed by atoms with van der Waals surface area (Å²) in [6.07, 6.45) is 1.46. The van der Waals surface area contributed by atoms with E-state index in [0.29, 0.717) is 22.5 Å². The molecule has 0 aliphatic carbocycles. The fourth-order valence-electron chi connectivity index (χ4n) is 2.06. The van der Waals surface area contributed by atoms with E-state index in [1.807, 2.05) is 0 Å². The molecule has 1 heterocycles. The van der Waals surface area contributed by atoms with Crippen LogP contribution in [0.2, 0.25) is 0 Å². The van der Waals surface area contributed by atoms with Crippen LogP contribution in [-0.4, -0.2) is 31.9 Å². The van der Waals surface area contributed by atoms with E-state index in [9.17, 15) is 9.59 Å². The van der Waals surface area contributed by atoms with Gasteiger partial charge in [-0.15, -0.1) is 5.10 Å². The molecule has 0 radical (unpaired) electrons. The number of carbonyl (C=O) groups is 2. The van der Waals surface area contributed by atoms with Crippen molar-refractivity contribution in [1.82, 2.24) is 20.2 Å². The number of nitrogens with one attached hydrogen (secondary N) is 1. The molecule has 0 saturated carbocycles. The Bertz CT molecular complexity index is 841. The predicted molar refractivity (Wildman–Crippen MR) is 83.6 cm³/mol. The fraction of sp³-hybridized carbons (Fsp3) is 0.0625. The molecule has 0 aliphatic rings. The Morgan fingerprint density at radius 1 is 1.04 bits per heavy atom. The van der Waals surface area contributed by atoms with E-state index >= 15 is 0 Å². The Morgan fingerprint density at radius 2 is 1.83 bits per heavy atom. The van der Waals surface area contributed by atoms with Crippen LogP contribution in [0.3, 0.4) is 0 Å². The fourth-order valence-corrected chi connectivity index (χ4v) is 2.06. The first-order chi connectivity index (χ1) is 11.1. The molecule has 2 aromatic carbocycles. The minimum Gasteiger partial charge on any atom is -0.322 e. The number of aromatic nitrogens is 4. The number of amides is 1. The second kappa shape index (κ2) is 6.18. The zero-order valence-electron chi connectivity index (χ0n) is 12.3. The van der Waals surface area contributed by atoms with Gasteiger partial charge in [0.25, 0.3) is 5.91 Å². The van der Waals surface area contributed by atoms with E-state index in [4.69, 9.17) is 0 Å². The van der Waals surface area contributed by atoms with E-state index in [2.05, 4.69) is 20.8 Å². The minimum absolute atomic E-state index is 0.0166. The topological polar surface area (TPSA) is 89.8 Å². The smallest absolute Gasteiger partial charge is 0.255 e. The van der Waals surface area contributed by atoms with Crippen molar-refractivity contribution in [2.75, 3.05) is 5.32 Å². The number of tetrazole rings is 1. The number of hydrogen-bond acceptors (Lipinski definition) is 5. The summed E-state index contributed by atoms with van der Waals surface area (Å²) in [5.74, 6) is -0.271. The molecule has 0 fully saturated rings. The van der Waals surface area contributed by atoms with E-state index in [-0.39, 0.29) is 11.7 Å². The molecule has 1 aromatic heterocycles. The monoisotopic (exact) mass is 307 g/mol. The predicted octanol–water partition coefficient (Wildman–Crippen LogP) is 2.12. The van der Waals surface area contributed by atoms with Gasteiger partial charge in [-0.3, -0.25) is 9.59 Å². The van der Waals surface area contributed by atoms with Gasteiger partial charge in [0.05, 0.1) is 5.69 Å². The van der Waals surface area contributed by atoms with Crippen LogP contribution < -0.4 is 5.32 Å². The van der Waals surface area contributed by atoms with E-state index in [1.54, 1.807) is 48.5 Å². The molecular formula is C16H13N5O2. The van der Waals surface area contributed by atoms with Gasteiger partial charge < -0.3 is 5.32 Å². The van der Waals surface area contributed by atoms with Crippen molar-refractivity contribution < 1.29 is 9.59 Å². The van der Waals surface area contributed by atoms with Crippen molar-refractivity contribution in [3.8, 4) is 5.69 Å². The number of nitrogens with zero attached hydrogens (tertiary/aromatic N) is 4. The van der Waals surface area contributed by atoms with Gasteiger partial charge >= 0.3 is 0 Å². The minimum atomic E-state index is -0.254. The van der Waals surface area contributed by atoms with Crippen molar-refractivity contribution in [2.24, 2.45) is 0 Å². The molecule has 0 saturated heterocycles. The van der Waals surface area contributed by atoms with E-state index in [0.717, 1.165) is 0 Å². The lowest BCUT2D eigenvalue weighted by Gasteiger charge is -2.07. The second-order valence-corrected chi connectivity index (χ2v) is 4.89. The van der Waals surface area contributed by atoms with Crippen molar-refractivity contribution in [3.05, 3.63) is 66.0 Å². The highest BCUT2D eigenvalue weighted by Crippen LogP contribution is 2.14. The molecule has 0 bridgehead atoms. The number of rotatable bonds is 4. The SMILES string of the molecule is CC(=O)c1ccc(NC(=O)c2cccc(-n3cnnn3)c2)cc1. The molecule has 1 N–H and O–H groups in total. The van der Waals surface area contributed by atoms with Crippen LogP contribution >= 0.6 is 0 Å². The first kappa shape index (κ1) is 14.6. The Kier molecular flexibility index (Phi) is 3.92. The Morgan fingerprint density at radius 3 is 2.48 bits per heavy atom. The number of anilines is 1. The number of benzene rings is 2. The van der Waals surface area contributed by atoms with Crippen molar-refractivity contribution >= 4 is 17.4 Å². The third kappa shape index (κ3) is 3.29. The highest BCUT2D eigenvalue weighted by Gasteiger charge is 2.08. The molecule has 0 unspecified atom stereocenters. The van der Waals surface area contributed by atoms with Gasteiger partial charge in [-0.25, -0.2) is 4.68 Å². The molecule has 3 rings (SSSR count). The molecule has 23 heavy (non-hydrogen) atoms. The lowest BCUT2D eigenvalue weighted by atomic mass is 10.1.